The molecule has 0 saturated carbocycles. The van der Waals surface area contributed by atoms with E-state index in [9.17, 15) is 9.59 Å². The number of hydrogen-bond acceptors (Lipinski definition) is 6. The van der Waals surface area contributed by atoms with Crippen molar-refractivity contribution in [1.29, 1.82) is 5.26 Å². The number of rotatable bonds is 8. The molecule has 0 spiro atoms. The summed E-state index contributed by atoms with van der Waals surface area (Å²) in [4.78, 5) is 25.8. The van der Waals surface area contributed by atoms with Gasteiger partial charge in [-0.25, -0.2) is 0 Å². The van der Waals surface area contributed by atoms with E-state index in [1.807, 2.05) is 13.8 Å². The number of aryl methyl sites for hydroxylation is 1. The molecule has 1 atom stereocenters. The van der Waals surface area contributed by atoms with Crippen molar-refractivity contribution in [2.75, 3.05) is 5.75 Å². The van der Waals surface area contributed by atoms with E-state index in [1.165, 1.54) is 11.8 Å². The van der Waals surface area contributed by atoms with Crippen LogP contribution >= 0.6 is 11.8 Å². The van der Waals surface area contributed by atoms with Gasteiger partial charge in [-0.05, 0) is 43.9 Å². The fourth-order valence-electron chi connectivity index (χ4n) is 3.11. The topological polar surface area (TPSA) is 105 Å². The third-order valence-electron chi connectivity index (χ3n) is 5.02. The minimum Gasteiger partial charge on any atom is -0.350 e. The second-order valence-corrected chi connectivity index (χ2v) is 8.66. The van der Waals surface area contributed by atoms with Crippen LogP contribution in [0, 0.1) is 17.2 Å². The number of carbonyl (C=O) groups excluding carboxylic acids is 1. The summed E-state index contributed by atoms with van der Waals surface area (Å²) >= 11 is 1.25. The lowest BCUT2D eigenvalue weighted by molar-refractivity contribution is 0.0939. The van der Waals surface area contributed by atoms with Crippen LogP contribution in [0.5, 0.6) is 0 Å². The summed E-state index contributed by atoms with van der Waals surface area (Å²) in [7, 11) is 0. The zero-order chi connectivity index (χ0) is 21.8. The number of amides is 1. The zero-order valence-corrected chi connectivity index (χ0v) is 18.5. The minimum absolute atomic E-state index is 0.0499. The highest BCUT2D eigenvalue weighted by Crippen LogP contribution is 2.23. The number of nitriles is 1. The lowest BCUT2D eigenvalue weighted by Gasteiger charge is -2.14. The van der Waals surface area contributed by atoms with E-state index in [-0.39, 0.29) is 23.3 Å². The van der Waals surface area contributed by atoms with Crippen LogP contribution in [0.1, 0.15) is 50.9 Å². The second kappa shape index (κ2) is 9.30. The van der Waals surface area contributed by atoms with Gasteiger partial charge in [0.25, 0.3) is 11.5 Å². The van der Waals surface area contributed by atoms with Gasteiger partial charge >= 0.3 is 0 Å². The Morgan fingerprint density at radius 1 is 1.30 bits per heavy atom. The third-order valence-corrected chi connectivity index (χ3v) is 5.82. The maximum atomic E-state index is 13.2. The average molecular weight is 427 g/mol. The number of carbonyl (C=O) groups is 1. The number of nitrogens with one attached hydrogen (secondary N) is 1. The van der Waals surface area contributed by atoms with Crippen molar-refractivity contribution < 1.29 is 4.79 Å². The SMILES string of the molecule is CC[C@@H](C)NC(=O)c1ccc2c(=O)n(CCC(C)C)c3nnc(SCC#N)n3c2c1. The fraction of sp³-hybridized carbons (Fsp3) is 0.476. The zero-order valence-electron chi connectivity index (χ0n) is 17.7. The molecular weight excluding hydrogens is 400 g/mol. The van der Waals surface area contributed by atoms with Gasteiger partial charge in [-0.2, -0.15) is 5.26 Å². The fourth-order valence-corrected chi connectivity index (χ4v) is 3.71. The lowest BCUT2D eigenvalue weighted by atomic mass is 10.1. The molecule has 9 heteroatoms. The smallest absolute Gasteiger partial charge is 0.262 e. The van der Waals surface area contributed by atoms with Crippen LogP contribution in [0.2, 0.25) is 0 Å². The molecule has 0 radical (unpaired) electrons. The van der Waals surface area contributed by atoms with Gasteiger partial charge in [-0.3, -0.25) is 18.6 Å². The number of fused-ring (bicyclic) bond motifs is 3. The highest BCUT2D eigenvalue weighted by Gasteiger charge is 2.19. The third kappa shape index (κ3) is 4.33. The summed E-state index contributed by atoms with van der Waals surface area (Å²) < 4.78 is 3.41. The molecule has 1 N–H and O–H groups in total. The molecular formula is C21H26N6O2S. The molecule has 158 valence electrons. The molecule has 2 aromatic heterocycles. The first-order chi connectivity index (χ1) is 14.4. The van der Waals surface area contributed by atoms with Crippen molar-refractivity contribution in [2.24, 2.45) is 5.92 Å². The molecule has 30 heavy (non-hydrogen) atoms. The van der Waals surface area contributed by atoms with Gasteiger partial charge in [0.15, 0.2) is 5.16 Å². The van der Waals surface area contributed by atoms with Gasteiger partial charge in [-0.15, -0.1) is 10.2 Å². The first-order valence-electron chi connectivity index (χ1n) is 10.1. The Morgan fingerprint density at radius 2 is 2.07 bits per heavy atom. The predicted molar refractivity (Wildman–Crippen MR) is 118 cm³/mol. The van der Waals surface area contributed by atoms with E-state index in [4.69, 9.17) is 5.26 Å². The molecule has 1 aromatic carbocycles. The molecule has 0 aliphatic carbocycles. The molecule has 0 bridgehead atoms. The first-order valence-corrected chi connectivity index (χ1v) is 11.1. The molecule has 8 nitrogen and oxygen atoms in total. The number of benzene rings is 1. The Morgan fingerprint density at radius 3 is 2.73 bits per heavy atom. The Hall–Kier alpha value is -2.86. The largest absolute Gasteiger partial charge is 0.350 e. The van der Waals surface area contributed by atoms with Crippen molar-refractivity contribution in [3.8, 4) is 6.07 Å². The molecule has 0 saturated heterocycles. The average Bonchev–Trinajstić information content (AvgIpc) is 3.15. The van der Waals surface area contributed by atoms with Gasteiger partial charge in [0.05, 0.1) is 22.7 Å². The minimum atomic E-state index is -0.192. The monoisotopic (exact) mass is 426 g/mol. The Kier molecular flexibility index (Phi) is 6.77. The Balaban J connectivity index is 2.22. The van der Waals surface area contributed by atoms with Gasteiger partial charge in [-0.1, -0.05) is 32.5 Å². The summed E-state index contributed by atoms with van der Waals surface area (Å²) in [5.41, 5.74) is 0.877. The molecule has 3 rings (SSSR count). The van der Waals surface area contributed by atoms with Crippen LogP contribution in [-0.4, -0.2) is 36.9 Å². The summed E-state index contributed by atoms with van der Waals surface area (Å²) in [6.45, 7) is 8.67. The maximum absolute atomic E-state index is 13.2. The van der Waals surface area contributed by atoms with Crippen LogP contribution < -0.4 is 10.9 Å². The lowest BCUT2D eigenvalue weighted by Crippen LogP contribution is -2.32. The normalized spacial score (nSPS) is 12.4. The molecule has 0 unspecified atom stereocenters. The van der Waals surface area contributed by atoms with Crippen molar-refractivity contribution in [3.63, 3.8) is 0 Å². The molecule has 1 amide bonds. The van der Waals surface area contributed by atoms with Crippen molar-refractivity contribution in [1.82, 2.24) is 24.5 Å². The van der Waals surface area contributed by atoms with Gasteiger partial charge in [0.2, 0.25) is 5.78 Å². The van der Waals surface area contributed by atoms with Gasteiger partial charge in [0, 0.05) is 18.2 Å². The maximum Gasteiger partial charge on any atom is 0.262 e. The number of thioether (sulfide) groups is 1. The Labute approximate surface area is 179 Å². The van der Waals surface area contributed by atoms with Crippen LogP contribution in [-0.2, 0) is 6.54 Å². The van der Waals surface area contributed by atoms with Gasteiger partial charge < -0.3 is 5.32 Å². The van der Waals surface area contributed by atoms with E-state index in [0.717, 1.165) is 12.8 Å². The molecule has 3 aromatic rings. The van der Waals surface area contributed by atoms with E-state index in [0.29, 0.717) is 39.9 Å². The molecule has 2 heterocycles. The van der Waals surface area contributed by atoms with E-state index in [1.54, 1.807) is 27.2 Å². The van der Waals surface area contributed by atoms with Crippen LogP contribution in [0.15, 0.2) is 28.2 Å². The van der Waals surface area contributed by atoms with Crippen LogP contribution in [0.25, 0.3) is 16.7 Å². The standard InChI is InChI=1S/C21H26N6O2S/c1-5-14(4)23-18(28)15-6-7-16-17(12-15)27-20(24-25-21(27)30-11-9-22)26(19(16)29)10-8-13(2)3/h6-7,12-14H,5,8,10-11H2,1-4H3,(H,23,28)/t14-/m1/s1. The summed E-state index contributed by atoms with van der Waals surface area (Å²) in [6.07, 6.45) is 1.65. The quantitative estimate of drug-likeness (QED) is 0.555. The number of aromatic nitrogens is 4. The Bertz CT molecular complexity index is 1170. The summed E-state index contributed by atoms with van der Waals surface area (Å²) in [6, 6.07) is 7.20. The highest BCUT2D eigenvalue weighted by molar-refractivity contribution is 7.99. The molecule has 0 fully saturated rings. The molecule has 0 aliphatic rings. The van der Waals surface area contributed by atoms with Crippen molar-refractivity contribution >= 4 is 34.3 Å². The van der Waals surface area contributed by atoms with E-state index >= 15 is 0 Å². The van der Waals surface area contributed by atoms with Gasteiger partial charge in [0.1, 0.15) is 0 Å². The second-order valence-electron chi connectivity index (χ2n) is 7.72. The molecule has 0 aliphatic heterocycles. The number of nitrogens with zero attached hydrogens (tertiary/aromatic N) is 5. The van der Waals surface area contributed by atoms with Crippen molar-refractivity contribution in [2.45, 2.75) is 58.3 Å². The first kappa shape index (κ1) is 21.8. The van der Waals surface area contributed by atoms with Crippen LogP contribution in [0.3, 0.4) is 0 Å². The van der Waals surface area contributed by atoms with Crippen LogP contribution in [0.4, 0.5) is 0 Å². The highest BCUT2D eigenvalue weighted by atomic mass is 32.2. The number of hydrogen-bond donors (Lipinski definition) is 1. The van der Waals surface area contributed by atoms with E-state index < -0.39 is 0 Å². The summed E-state index contributed by atoms with van der Waals surface area (Å²) in [5.74, 6) is 0.868. The van der Waals surface area contributed by atoms with Crippen molar-refractivity contribution in [3.05, 3.63) is 34.1 Å². The predicted octanol–water partition coefficient (Wildman–Crippen LogP) is 3.23. The summed E-state index contributed by atoms with van der Waals surface area (Å²) in [5, 5.41) is 21.4. The van der Waals surface area contributed by atoms with E-state index in [2.05, 4.69) is 35.4 Å².